The predicted octanol–water partition coefficient (Wildman–Crippen LogP) is 0.202. The molecular formula is C10H14N2O4. The van der Waals surface area contributed by atoms with Crippen LogP contribution >= 0.6 is 0 Å². The standard InChI is InChI=1S/C10H14N2O4/c1-6(9(13)11-2)12-5-8-7(10(14)15)3-4-16-8/h3-4,6,12H,5H2,1-2H3,(H,11,13)(H,14,15). The Kier molecular flexibility index (Phi) is 4.07. The van der Waals surface area contributed by atoms with Gasteiger partial charge in [-0.3, -0.25) is 10.1 Å². The number of rotatable bonds is 5. The van der Waals surface area contributed by atoms with Crippen LogP contribution < -0.4 is 10.6 Å². The summed E-state index contributed by atoms with van der Waals surface area (Å²) in [5.74, 6) is -0.898. The average molecular weight is 226 g/mol. The van der Waals surface area contributed by atoms with Crippen LogP contribution in [0.2, 0.25) is 0 Å². The summed E-state index contributed by atoms with van der Waals surface area (Å²) < 4.78 is 5.01. The minimum Gasteiger partial charge on any atom is -0.478 e. The van der Waals surface area contributed by atoms with Gasteiger partial charge in [0.15, 0.2) is 0 Å². The lowest BCUT2D eigenvalue weighted by Crippen LogP contribution is -2.40. The topological polar surface area (TPSA) is 91.6 Å². The van der Waals surface area contributed by atoms with Gasteiger partial charge in [-0.1, -0.05) is 0 Å². The Morgan fingerprint density at radius 3 is 2.81 bits per heavy atom. The highest BCUT2D eigenvalue weighted by atomic mass is 16.4. The molecule has 1 atom stereocenters. The van der Waals surface area contributed by atoms with Gasteiger partial charge in [0.1, 0.15) is 11.3 Å². The molecule has 1 aromatic rings. The molecule has 0 aromatic carbocycles. The zero-order chi connectivity index (χ0) is 12.1. The fourth-order valence-electron chi connectivity index (χ4n) is 1.22. The molecule has 6 nitrogen and oxygen atoms in total. The average Bonchev–Trinajstić information content (AvgIpc) is 2.72. The van der Waals surface area contributed by atoms with Gasteiger partial charge in [-0.2, -0.15) is 0 Å². The Morgan fingerprint density at radius 1 is 1.56 bits per heavy atom. The third kappa shape index (κ3) is 2.83. The zero-order valence-electron chi connectivity index (χ0n) is 9.11. The number of furan rings is 1. The van der Waals surface area contributed by atoms with Crippen molar-refractivity contribution in [2.24, 2.45) is 0 Å². The Hall–Kier alpha value is -1.82. The number of hydrogen-bond donors (Lipinski definition) is 3. The number of carbonyl (C=O) groups is 2. The number of likely N-dealkylation sites (N-methyl/N-ethyl adjacent to an activating group) is 1. The third-order valence-electron chi connectivity index (χ3n) is 2.18. The lowest BCUT2D eigenvalue weighted by atomic mass is 10.2. The summed E-state index contributed by atoms with van der Waals surface area (Å²) in [5.41, 5.74) is 0.108. The van der Waals surface area contributed by atoms with E-state index in [1.165, 1.54) is 19.4 Å². The normalized spacial score (nSPS) is 12.1. The smallest absolute Gasteiger partial charge is 0.339 e. The summed E-state index contributed by atoms with van der Waals surface area (Å²) in [5, 5.41) is 14.2. The van der Waals surface area contributed by atoms with Gasteiger partial charge in [0.25, 0.3) is 0 Å². The maximum atomic E-state index is 11.2. The molecule has 1 rings (SSSR count). The van der Waals surface area contributed by atoms with Crippen LogP contribution in [0.3, 0.4) is 0 Å². The maximum absolute atomic E-state index is 11.2. The van der Waals surface area contributed by atoms with Gasteiger partial charge in [-0.15, -0.1) is 0 Å². The van der Waals surface area contributed by atoms with Crippen molar-refractivity contribution in [1.82, 2.24) is 10.6 Å². The molecule has 0 saturated carbocycles. The summed E-state index contributed by atoms with van der Waals surface area (Å²) in [7, 11) is 1.54. The number of carbonyl (C=O) groups excluding carboxylic acids is 1. The van der Waals surface area contributed by atoms with Gasteiger partial charge >= 0.3 is 5.97 Å². The van der Waals surface area contributed by atoms with Crippen molar-refractivity contribution in [2.75, 3.05) is 7.05 Å². The van der Waals surface area contributed by atoms with E-state index in [2.05, 4.69) is 10.6 Å². The van der Waals surface area contributed by atoms with Gasteiger partial charge < -0.3 is 14.8 Å². The summed E-state index contributed by atoms with van der Waals surface area (Å²) in [6, 6.07) is 0.973. The highest BCUT2D eigenvalue weighted by Crippen LogP contribution is 2.10. The van der Waals surface area contributed by atoms with Gasteiger partial charge in [-0.25, -0.2) is 4.79 Å². The van der Waals surface area contributed by atoms with Crippen LogP contribution in [0.1, 0.15) is 23.0 Å². The number of aromatic carboxylic acids is 1. The number of amides is 1. The minimum atomic E-state index is -1.04. The van der Waals surface area contributed by atoms with Crippen LogP contribution in [0.15, 0.2) is 16.7 Å². The third-order valence-corrected chi connectivity index (χ3v) is 2.18. The second-order valence-corrected chi connectivity index (χ2v) is 3.28. The molecule has 1 heterocycles. The highest BCUT2D eigenvalue weighted by Gasteiger charge is 2.15. The Morgan fingerprint density at radius 2 is 2.25 bits per heavy atom. The minimum absolute atomic E-state index is 0.108. The monoisotopic (exact) mass is 226 g/mol. The van der Waals surface area contributed by atoms with Gasteiger partial charge in [0, 0.05) is 7.05 Å². The van der Waals surface area contributed by atoms with E-state index < -0.39 is 12.0 Å². The maximum Gasteiger partial charge on any atom is 0.339 e. The molecule has 0 aliphatic rings. The number of hydrogen-bond acceptors (Lipinski definition) is 4. The number of carboxylic acid groups (broad SMARTS) is 1. The van der Waals surface area contributed by atoms with Crippen molar-refractivity contribution in [3.05, 3.63) is 23.7 Å². The first-order valence-corrected chi connectivity index (χ1v) is 4.81. The molecule has 88 valence electrons. The van der Waals surface area contributed by atoms with E-state index >= 15 is 0 Å². The van der Waals surface area contributed by atoms with Crippen LogP contribution in [0.5, 0.6) is 0 Å². The van der Waals surface area contributed by atoms with Crippen LogP contribution in [-0.4, -0.2) is 30.1 Å². The van der Waals surface area contributed by atoms with Crippen molar-refractivity contribution in [3.63, 3.8) is 0 Å². The van der Waals surface area contributed by atoms with E-state index in [1.54, 1.807) is 6.92 Å². The first-order chi connectivity index (χ1) is 7.56. The molecule has 0 radical (unpaired) electrons. The molecule has 0 fully saturated rings. The van der Waals surface area contributed by atoms with E-state index in [-0.39, 0.29) is 18.0 Å². The molecule has 1 unspecified atom stereocenters. The van der Waals surface area contributed by atoms with Crippen LogP contribution in [0.25, 0.3) is 0 Å². The second-order valence-electron chi connectivity index (χ2n) is 3.28. The molecule has 3 N–H and O–H groups in total. The molecule has 0 aliphatic carbocycles. The van der Waals surface area contributed by atoms with E-state index in [9.17, 15) is 9.59 Å². The van der Waals surface area contributed by atoms with E-state index in [0.717, 1.165) is 0 Å². The molecule has 0 spiro atoms. The van der Waals surface area contributed by atoms with E-state index in [1.807, 2.05) is 0 Å². The molecule has 0 aliphatic heterocycles. The van der Waals surface area contributed by atoms with Crippen LogP contribution in [0.4, 0.5) is 0 Å². The largest absolute Gasteiger partial charge is 0.478 e. The van der Waals surface area contributed by atoms with Gasteiger partial charge in [0.05, 0.1) is 18.8 Å². The summed E-state index contributed by atoms with van der Waals surface area (Å²) >= 11 is 0. The highest BCUT2D eigenvalue weighted by molar-refractivity contribution is 5.88. The fourth-order valence-corrected chi connectivity index (χ4v) is 1.22. The lowest BCUT2D eigenvalue weighted by molar-refractivity contribution is -0.122. The van der Waals surface area contributed by atoms with Crippen LogP contribution in [0, 0.1) is 0 Å². The Labute approximate surface area is 92.6 Å². The van der Waals surface area contributed by atoms with Crippen LogP contribution in [-0.2, 0) is 11.3 Å². The first-order valence-electron chi connectivity index (χ1n) is 4.81. The van der Waals surface area contributed by atoms with Crippen molar-refractivity contribution >= 4 is 11.9 Å². The molecule has 0 saturated heterocycles. The molecule has 0 bridgehead atoms. The first kappa shape index (κ1) is 12.3. The van der Waals surface area contributed by atoms with E-state index in [0.29, 0.717) is 5.76 Å². The Balaban J connectivity index is 2.58. The van der Waals surface area contributed by atoms with Crippen molar-refractivity contribution in [2.45, 2.75) is 19.5 Å². The predicted molar refractivity (Wildman–Crippen MR) is 56.0 cm³/mol. The molecular weight excluding hydrogens is 212 g/mol. The van der Waals surface area contributed by atoms with E-state index in [4.69, 9.17) is 9.52 Å². The quantitative estimate of drug-likeness (QED) is 0.667. The summed E-state index contributed by atoms with van der Waals surface area (Å²) in [4.78, 5) is 21.9. The number of nitrogens with one attached hydrogen (secondary N) is 2. The van der Waals surface area contributed by atoms with Gasteiger partial charge in [0.2, 0.25) is 5.91 Å². The second kappa shape index (κ2) is 5.32. The molecule has 6 heteroatoms. The molecule has 1 aromatic heterocycles. The van der Waals surface area contributed by atoms with Crippen molar-refractivity contribution < 1.29 is 19.1 Å². The fraction of sp³-hybridized carbons (Fsp3) is 0.400. The lowest BCUT2D eigenvalue weighted by Gasteiger charge is -2.10. The zero-order valence-corrected chi connectivity index (χ0v) is 9.11. The SMILES string of the molecule is CNC(=O)C(C)NCc1occc1C(=O)O. The van der Waals surface area contributed by atoms with Gasteiger partial charge in [-0.05, 0) is 13.0 Å². The number of carboxylic acids is 1. The Bertz CT molecular complexity index is 386. The van der Waals surface area contributed by atoms with Crippen molar-refractivity contribution in [1.29, 1.82) is 0 Å². The summed E-state index contributed by atoms with van der Waals surface area (Å²) in [6.07, 6.45) is 1.31. The summed E-state index contributed by atoms with van der Waals surface area (Å²) in [6.45, 7) is 1.88. The molecule has 1 amide bonds. The van der Waals surface area contributed by atoms with Crippen molar-refractivity contribution in [3.8, 4) is 0 Å². The molecule has 16 heavy (non-hydrogen) atoms.